The van der Waals surface area contributed by atoms with E-state index in [1.807, 2.05) is 6.07 Å². The number of aromatic nitrogens is 1. The lowest BCUT2D eigenvalue weighted by molar-refractivity contribution is -0.111. The molecule has 2 aromatic rings. The lowest BCUT2D eigenvalue weighted by Crippen LogP contribution is -2.17. The Kier molecular flexibility index (Phi) is 5.74. The maximum absolute atomic E-state index is 13.5. The summed E-state index contributed by atoms with van der Waals surface area (Å²) >= 11 is 0. The number of hydrogen-bond donors (Lipinski definition) is 1. The number of halogens is 1. The molecule has 1 atom stereocenters. The summed E-state index contributed by atoms with van der Waals surface area (Å²) in [5.41, 5.74) is 1.09. The highest BCUT2D eigenvalue weighted by Crippen LogP contribution is 2.26. The predicted octanol–water partition coefficient (Wildman–Crippen LogP) is 3.43. The number of nitrogens with one attached hydrogen (secondary N) is 1. The number of pyridine rings is 1. The maximum atomic E-state index is 13.5. The van der Waals surface area contributed by atoms with Crippen LogP contribution in [-0.2, 0) is 9.53 Å². The molecular formula is C19H19FN2O3. The molecule has 130 valence electrons. The fraction of sp³-hybridized carbons (Fsp3) is 0.263. The average molecular weight is 342 g/mol. The molecule has 1 N–H and O–H groups in total. The van der Waals surface area contributed by atoms with Crippen LogP contribution in [0.4, 0.5) is 10.1 Å². The van der Waals surface area contributed by atoms with Gasteiger partial charge in [0, 0.05) is 31.1 Å². The SMILES string of the molecule is O=C(/C=C/c1cccnc1)Nc1cc(F)ccc1OC[C@@H]1CCCO1. The molecule has 0 radical (unpaired) electrons. The Morgan fingerprint density at radius 1 is 1.44 bits per heavy atom. The summed E-state index contributed by atoms with van der Waals surface area (Å²) in [5, 5.41) is 2.65. The molecule has 3 rings (SSSR count). The molecule has 0 bridgehead atoms. The summed E-state index contributed by atoms with van der Waals surface area (Å²) < 4.78 is 24.7. The smallest absolute Gasteiger partial charge is 0.248 e. The van der Waals surface area contributed by atoms with Crippen molar-refractivity contribution in [3.8, 4) is 5.75 Å². The molecule has 1 amide bonds. The van der Waals surface area contributed by atoms with E-state index < -0.39 is 5.82 Å². The first kappa shape index (κ1) is 17.1. The second-order valence-electron chi connectivity index (χ2n) is 5.70. The van der Waals surface area contributed by atoms with Crippen LogP contribution in [0.1, 0.15) is 18.4 Å². The van der Waals surface area contributed by atoms with Gasteiger partial charge in [0.25, 0.3) is 0 Å². The Labute approximate surface area is 145 Å². The summed E-state index contributed by atoms with van der Waals surface area (Å²) in [6.45, 7) is 1.11. The zero-order valence-electron chi connectivity index (χ0n) is 13.7. The highest BCUT2D eigenvalue weighted by Gasteiger charge is 2.17. The second-order valence-corrected chi connectivity index (χ2v) is 5.70. The van der Waals surface area contributed by atoms with E-state index in [4.69, 9.17) is 9.47 Å². The van der Waals surface area contributed by atoms with Gasteiger partial charge < -0.3 is 14.8 Å². The van der Waals surface area contributed by atoms with Gasteiger partial charge in [-0.1, -0.05) is 6.07 Å². The lowest BCUT2D eigenvalue weighted by atomic mass is 10.2. The van der Waals surface area contributed by atoms with Gasteiger partial charge in [-0.15, -0.1) is 0 Å². The molecule has 2 heterocycles. The van der Waals surface area contributed by atoms with E-state index in [2.05, 4.69) is 10.3 Å². The first-order valence-corrected chi connectivity index (χ1v) is 8.14. The van der Waals surface area contributed by atoms with E-state index in [1.165, 1.54) is 24.3 Å². The van der Waals surface area contributed by atoms with Crippen LogP contribution in [0.15, 0.2) is 48.8 Å². The fourth-order valence-electron chi connectivity index (χ4n) is 2.51. The molecule has 5 nitrogen and oxygen atoms in total. The van der Waals surface area contributed by atoms with Gasteiger partial charge in [0.15, 0.2) is 0 Å². The molecular weight excluding hydrogens is 323 g/mol. The molecule has 0 saturated carbocycles. The van der Waals surface area contributed by atoms with Crippen molar-refractivity contribution in [2.24, 2.45) is 0 Å². The van der Waals surface area contributed by atoms with Crippen LogP contribution in [0, 0.1) is 5.82 Å². The van der Waals surface area contributed by atoms with E-state index in [0.717, 1.165) is 25.0 Å². The van der Waals surface area contributed by atoms with Gasteiger partial charge in [-0.3, -0.25) is 9.78 Å². The molecule has 1 aromatic carbocycles. The van der Waals surface area contributed by atoms with E-state index in [0.29, 0.717) is 18.0 Å². The minimum Gasteiger partial charge on any atom is -0.489 e. The number of hydrogen-bond acceptors (Lipinski definition) is 4. The number of ether oxygens (including phenoxy) is 2. The Balaban J connectivity index is 1.64. The molecule has 1 aliphatic heterocycles. The van der Waals surface area contributed by atoms with Gasteiger partial charge >= 0.3 is 0 Å². The molecule has 0 aliphatic carbocycles. The van der Waals surface area contributed by atoms with Gasteiger partial charge in [0.2, 0.25) is 5.91 Å². The number of carbonyl (C=O) groups is 1. The monoisotopic (exact) mass is 342 g/mol. The minimum atomic E-state index is -0.448. The van der Waals surface area contributed by atoms with Crippen molar-refractivity contribution in [3.05, 3.63) is 60.2 Å². The van der Waals surface area contributed by atoms with E-state index in [9.17, 15) is 9.18 Å². The van der Waals surface area contributed by atoms with Gasteiger partial charge in [-0.25, -0.2) is 4.39 Å². The van der Waals surface area contributed by atoms with Crippen molar-refractivity contribution in [2.75, 3.05) is 18.5 Å². The Hall–Kier alpha value is -2.73. The highest BCUT2D eigenvalue weighted by molar-refractivity contribution is 6.02. The fourth-order valence-corrected chi connectivity index (χ4v) is 2.51. The predicted molar refractivity (Wildman–Crippen MR) is 92.8 cm³/mol. The largest absolute Gasteiger partial charge is 0.489 e. The van der Waals surface area contributed by atoms with Crippen molar-refractivity contribution in [1.29, 1.82) is 0 Å². The van der Waals surface area contributed by atoms with Crippen molar-refractivity contribution >= 4 is 17.7 Å². The standard InChI is InChI=1S/C19H19FN2O3/c20-15-6-7-18(25-13-16-4-2-10-24-16)17(11-15)22-19(23)8-5-14-3-1-9-21-12-14/h1,3,5-9,11-12,16H,2,4,10,13H2,(H,22,23)/b8-5+/t16-/m0/s1. The summed E-state index contributed by atoms with van der Waals surface area (Å²) in [4.78, 5) is 16.1. The van der Waals surface area contributed by atoms with Gasteiger partial charge in [0.05, 0.1) is 11.8 Å². The highest BCUT2D eigenvalue weighted by atomic mass is 19.1. The third-order valence-corrected chi connectivity index (χ3v) is 3.76. The molecule has 0 unspecified atom stereocenters. The number of amides is 1. The van der Waals surface area contributed by atoms with Crippen molar-refractivity contribution in [2.45, 2.75) is 18.9 Å². The molecule has 1 aliphatic rings. The first-order valence-electron chi connectivity index (χ1n) is 8.14. The minimum absolute atomic E-state index is 0.0408. The number of rotatable bonds is 6. The third-order valence-electron chi connectivity index (χ3n) is 3.76. The number of anilines is 1. The maximum Gasteiger partial charge on any atom is 0.248 e. The van der Waals surface area contributed by atoms with Crippen LogP contribution in [0.3, 0.4) is 0 Å². The molecule has 0 spiro atoms. The quantitative estimate of drug-likeness (QED) is 0.817. The summed E-state index contributed by atoms with van der Waals surface area (Å²) in [6, 6.07) is 7.65. The van der Waals surface area contributed by atoms with Crippen molar-refractivity contribution in [1.82, 2.24) is 4.98 Å². The van der Waals surface area contributed by atoms with Gasteiger partial charge in [-0.05, 0) is 42.7 Å². The van der Waals surface area contributed by atoms with Gasteiger partial charge in [-0.2, -0.15) is 0 Å². The van der Waals surface area contributed by atoms with Crippen LogP contribution in [0.25, 0.3) is 6.08 Å². The summed E-state index contributed by atoms with van der Waals surface area (Å²) in [5.74, 6) is -0.410. The summed E-state index contributed by atoms with van der Waals surface area (Å²) in [7, 11) is 0. The normalized spacial score (nSPS) is 16.9. The number of nitrogens with zero attached hydrogens (tertiary/aromatic N) is 1. The van der Waals surface area contributed by atoms with Crippen LogP contribution < -0.4 is 10.1 Å². The van der Waals surface area contributed by atoms with Crippen molar-refractivity contribution < 1.29 is 18.7 Å². The number of benzene rings is 1. The Bertz CT molecular complexity index is 744. The van der Waals surface area contributed by atoms with E-state index in [1.54, 1.807) is 24.5 Å². The number of carbonyl (C=O) groups excluding carboxylic acids is 1. The zero-order valence-corrected chi connectivity index (χ0v) is 13.7. The van der Waals surface area contributed by atoms with Crippen LogP contribution in [0.5, 0.6) is 5.75 Å². The second kappa shape index (κ2) is 8.39. The third kappa shape index (κ3) is 5.12. The molecule has 1 saturated heterocycles. The molecule has 1 aromatic heterocycles. The lowest BCUT2D eigenvalue weighted by Gasteiger charge is -2.15. The Morgan fingerprint density at radius 2 is 2.36 bits per heavy atom. The summed E-state index contributed by atoms with van der Waals surface area (Å²) in [6.07, 6.45) is 8.29. The first-order chi connectivity index (χ1) is 12.2. The Morgan fingerprint density at radius 3 is 3.12 bits per heavy atom. The molecule has 25 heavy (non-hydrogen) atoms. The molecule has 1 fully saturated rings. The topological polar surface area (TPSA) is 60.5 Å². The zero-order chi connectivity index (χ0) is 17.5. The molecule has 6 heteroatoms. The van der Waals surface area contributed by atoms with E-state index >= 15 is 0 Å². The van der Waals surface area contributed by atoms with Crippen LogP contribution in [-0.4, -0.2) is 30.2 Å². The average Bonchev–Trinajstić information content (AvgIpc) is 3.14. The van der Waals surface area contributed by atoms with Crippen LogP contribution >= 0.6 is 0 Å². The van der Waals surface area contributed by atoms with E-state index in [-0.39, 0.29) is 12.0 Å². The van der Waals surface area contributed by atoms with Gasteiger partial charge in [0.1, 0.15) is 18.2 Å². The van der Waals surface area contributed by atoms with Crippen molar-refractivity contribution in [3.63, 3.8) is 0 Å². The van der Waals surface area contributed by atoms with Crippen LogP contribution in [0.2, 0.25) is 0 Å².